The molecule has 6 nitrogen and oxygen atoms in total. The monoisotopic (exact) mass is 216 g/mol. The zero-order valence-electron chi connectivity index (χ0n) is 6.97. The second-order valence-electron chi connectivity index (χ2n) is 2.60. The lowest BCUT2D eigenvalue weighted by Crippen LogP contribution is -2.13. The maximum absolute atomic E-state index is 10.8. The summed E-state index contributed by atoms with van der Waals surface area (Å²) in [6.07, 6.45) is 0. The van der Waals surface area contributed by atoms with Crippen LogP contribution in [0.5, 0.6) is 0 Å². The van der Waals surface area contributed by atoms with E-state index in [1.807, 2.05) is 0 Å². The molecule has 14 heavy (non-hydrogen) atoms. The molecule has 76 valence electrons. The predicted octanol–water partition coefficient (Wildman–Crippen LogP) is -0.386. The fourth-order valence-electron chi connectivity index (χ4n) is 0.913. The Morgan fingerprint density at radius 1 is 1.36 bits per heavy atom. The molecule has 0 saturated heterocycles. The fraction of sp³-hybridized carbons (Fsp3) is 0. The van der Waals surface area contributed by atoms with Crippen molar-refractivity contribution in [3.05, 3.63) is 23.8 Å². The molecule has 1 aromatic carbocycles. The van der Waals surface area contributed by atoms with Gasteiger partial charge in [-0.1, -0.05) is 0 Å². The summed E-state index contributed by atoms with van der Waals surface area (Å²) in [5.74, 6) is -1.22. The molecule has 7 heteroatoms. The van der Waals surface area contributed by atoms with Crippen molar-refractivity contribution in [3.8, 4) is 0 Å². The van der Waals surface area contributed by atoms with Crippen LogP contribution in [0.1, 0.15) is 10.4 Å². The number of carboxylic acids is 1. The van der Waals surface area contributed by atoms with Crippen molar-refractivity contribution in [1.82, 2.24) is 0 Å². The molecule has 0 amide bonds. The molecule has 0 fully saturated rings. The molecular weight excluding hydrogens is 208 g/mol. The zero-order chi connectivity index (χ0) is 10.9. The number of nitrogen functional groups attached to an aromatic ring is 1. The maximum Gasteiger partial charge on any atom is 0.337 e. The normalized spacial score (nSPS) is 11.2. The Labute approximate surface area is 80.2 Å². The van der Waals surface area contributed by atoms with Crippen LogP contribution >= 0.6 is 0 Å². The Balaban J connectivity index is 3.34. The highest BCUT2D eigenvalue weighted by Gasteiger charge is 2.13. The molecule has 0 aromatic heterocycles. The van der Waals surface area contributed by atoms with Crippen LogP contribution in [0.15, 0.2) is 23.1 Å². The lowest BCUT2D eigenvalue weighted by Gasteiger charge is -2.02. The summed E-state index contributed by atoms with van der Waals surface area (Å²) in [7, 11) is -3.84. The van der Waals surface area contributed by atoms with Crippen molar-refractivity contribution in [3.63, 3.8) is 0 Å². The van der Waals surface area contributed by atoms with Crippen molar-refractivity contribution < 1.29 is 18.3 Å². The average molecular weight is 216 g/mol. The number of sulfonamides is 1. The number of hydrogen-bond donors (Lipinski definition) is 3. The van der Waals surface area contributed by atoms with Crippen LogP contribution in [-0.2, 0) is 10.0 Å². The molecule has 1 rings (SSSR count). The number of aromatic carboxylic acids is 1. The predicted molar refractivity (Wildman–Crippen MR) is 49.2 cm³/mol. The summed E-state index contributed by atoms with van der Waals surface area (Å²) in [5.41, 5.74) is 5.03. The highest BCUT2D eigenvalue weighted by molar-refractivity contribution is 7.89. The van der Waals surface area contributed by atoms with Crippen LogP contribution in [0, 0.1) is 0 Å². The second-order valence-corrected chi connectivity index (χ2v) is 4.16. The minimum Gasteiger partial charge on any atom is -0.478 e. The first-order chi connectivity index (χ1) is 6.32. The molecule has 0 aliphatic rings. The molecule has 0 aliphatic heterocycles. The number of benzene rings is 1. The number of hydrogen-bond acceptors (Lipinski definition) is 4. The van der Waals surface area contributed by atoms with Gasteiger partial charge in [0.2, 0.25) is 10.0 Å². The van der Waals surface area contributed by atoms with Gasteiger partial charge in [0.05, 0.1) is 10.5 Å². The quantitative estimate of drug-likeness (QED) is 0.581. The highest BCUT2D eigenvalue weighted by atomic mass is 32.2. The Kier molecular flexibility index (Phi) is 2.45. The minimum absolute atomic E-state index is 0.135. The number of carbonyl (C=O) groups is 1. The lowest BCUT2D eigenvalue weighted by atomic mass is 10.2. The number of nitrogens with two attached hydrogens (primary N) is 2. The van der Waals surface area contributed by atoms with Crippen LogP contribution in [0.2, 0.25) is 0 Å². The Morgan fingerprint density at radius 2 is 1.93 bits per heavy atom. The van der Waals surface area contributed by atoms with E-state index in [0.717, 1.165) is 18.2 Å². The summed E-state index contributed by atoms with van der Waals surface area (Å²) in [4.78, 5) is 10.3. The second kappa shape index (κ2) is 3.28. The topological polar surface area (TPSA) is 123 Å². The highest BCUT2D eigenvalue weighted by Crippen LogP contribution is 2.16. The van der Waals surface area contributed by atoms with Crippen molar-refractivity contribution in [2.75, 3.05) is 5.73 Å². The van der Waals surface area contributed by atoms with Gasteiger partial charge in [-0.05, 0) is 18.2 Å². The standard InChI is InChI=1S/C7H8N2O4S/c8-6-3-4(14(9,12)13)1-2-5(6)7(10)11/h1-3H,8H2,(H,10,11)(H2,9,12,13). The van der Waals surface area contributed by atoms with Gasteiger partial charge in [-0.15, -0.1) is 0 Å². The SMILES string of the molecule is Nc1cc(S(N)(=O)=O)ccc1C(=O)O. The van der Waals surface area contributed by atoms with Gasteiger partial charge in [0.1, 0.15) is 0 Å². The summed E-state index contributed by atoms with van der Waals surface area (Å²) < 4.78 is 21.7. The summed E-state index contributed by atoms with van der Waals surface area (Å²) in [6, 6.07) is 3.20. The van der Waals surface area contributed by atoms with Gasteiger partial charge in [0, 0.05) is 5.69 Å². The van der Waals surface area contributed by atoms with E-state index in [4.69, 9.17) is 16.0 Å². The fourth-order valence-corrected chi connectivity index (χ4v) is 1.46. The number of anilines is 1. The molecule has 0 spiro atoms. The molecule has 0 radical (unpaired) electrons. The molecule has 0 heterocycles. The molecule has 0 bridgehead atoms. The first-order valence-electron chi connectivity index (χ1n) is 3.48. The number of rotatable bonds is 2. The average Bonchev–Trinajstić information content (AvgIpc) is 2.01. The summed E-state index contributed by atoms with van der Waals surface area (Å²) in [5, 5.41) is 13.4. The third-order valence-electron chi connectivity index (χ3n) is 1.58. The van der Waals surface area contributed by atoms with Crippen molar-refractivity contribution in [2.45, 2.75) is 4.90 Å². The molecule has 5 N–H and O–H groups in total. The van der Waals surface area contributed by atoms with Crippen LogP contribution in [-0.4, -0.2) is 19.5 Å². The van der Waals surface area contributed by atoms with Gasteiger partial charge in [-0.25, -0.2) is 18.4 Å². The largest absolute Gasteiger partial charge is 0.478 e. The molecule has 0 unspecified atom stereocenters. The molecule has 0 saturated carbocycles. The molecule has 1 aromatic rings. The van der Waals surface area contributed by atoms with E-state index in [-0.39, 0.29) is 16.1 Å². The third-order valence-corrected chi connectivity index (χ3v) is 2.49. The van der Waals surface area contributed by atoms with Crippen LogP contribution in [0.4, 0.5) is 5.69 Å². The van der Waals surface area contributed by atoms with Crippen LogP contribution in [0.25, 0.3) is 0 Å². The van der Waals surface area contributed by atoms with Crippen molar-refractivity contribution in [2.24, 2.45) is 5.14 Å². The first-order valence-corrected chi connectivity index (χ1v) is 5.02. The lowest BCUT2D eigenvalue weighted by molar-refractivity contribution is 0.0698. The van der Waals surface area contributed by atoms with Gasteiger partial charge in [0.25, 0.3) is 0 Å². The van der Waals surface area contributed by atoms with Crippen molar-refractivity contribution in [1.29, 1.82) is 0 Å². The van der Waals surface area contributed by atoms with E-state index in [1.165, 1.54) is 0 Å². The molecular formula is C7H8N2O4S. The van der Waals surface area contributed by atoms with Crippen LogP contribution < -0.4 is 10.9 Å². The van der Waals surface area contributed by atoms with Crippen molar-refractivity contribution >= 4 is 21.7 Å². The summed E-state index contributed by atoms with van der Waals surface area (Å²) in [6.45, 7) is 0. The van der Waals surface area contributed by atoms with E-state index in [1.54, 1.807) is 0 Å². The zero-order valence-corrected chi connectivity index (χ0v) is 7.78. The number of carboxylic acid groups (broad SMARTS) is 1. The van der Waals surface area contributed by atoms with E-state index in [0.29, 0.717) is 0 Å². The molecule has 0 atom stereocenters. The molecule has 0 aliphatic carbocycles. The minimum atomic E-state index is -3.84. The van der Waals surface area contributed by atoms with Gasteiger partial charge in [-0.2, -0.15) is 0 Å². The third kappa shape index (κ3) is 2.01. The van der Waals surface area contributed by atoms with E-state index in [2.05, 4.69) is 0 Å². The smallest absolute Gasteiger partial charge is 0.337 e. The summed E-state index contributed by atoms with van der Waals surface area (Å²) >= 11 is 0. The Morgan fingerprint density at radius 3 is 2.29 bits per heavy atom. The van der Waals surface area contributed by atoms with Crippen LogP contribution in [0.3, 0.4) is 0 Å². The Bertz CT molecular complexity index is 480. The van der Waals surface area contributed by atoms with Gasteiger partial charge in [0.15, 0.2) is 0 Å². The van der Waals surface area contributed by atoms with Gasteiger partial charge >= 0.3 is 5.97 Å². The Hall–Kier alpha value is -1.60. The van der Waals surface area contributed by atoms with Gasteiger partial charge < -0.3 is 10.8 Å². The maximum atomic E-state index is 10.8. The number of primary sulfonamides is 1. The van der Waals surface area contributed by atoms with E-state index in [9.17, 15) is 13.2 Å². The first kappa shape index (κ1) is 10.5. The van der Waals surface area contributed by atoms with E-state index < -0.39 is 16.0 Å². The van der Waals surface area contributed by atoms with Gasteiger partial charge in [-0.3, -0.25) is 0 Å². The van der Waals surface area contributed by atoms with E-state index >= 15 is 0 Å².